The van der Waals surface area contributed by atoms with Crippen LogP contribution in [0.3, 0.4) is 0 Å². The summed E-state index contributed by atoms with van der Waals surface area (Å²) < 4.78 is 5.60. The van der Waals surface area contributed by atoms with Gasteiger partial charge >= 0.3 is 0 Å². The van der Waals surface area contributed by atoms with E-state index in [1.807, 2.05) is 0 Å². The molecule has 1 aromatic heterocycles. The molecule has 0 amide bonds. The molecule has 2 N–H and O–H groups in total. The van der Waals surface area contributed by atoms with Gasteiger partial charge in [-0.25, -0.2) is 4.98 Å². The molecule has 3 rings (SSSR count). The molecule has 1 unspecified atom stereocenters. The summed E-state index contributed by atoms with van der Waals surface area (Å²) in [6.45, 7) is 9.45. The average molecular weight is 324 g/mol. The molecule has 2 aliphatic rings. The first-order valence-corrected chi connectivity index (χ1v) is 9.25. The fourth-order valence-electron chi connectivity index (χ4n) is 3.54. The predicted molar refractivity (Wildman–Crippen MR) is 91.5 cm³/mol. The number of methoxy groups -OCH3 is 1. The fraction of sp³-hybridized carbons (Fsp3) is 0.812. The Labute approximate surface area is 137 Å². The minimum Gasteiger partial charge on any atom is -0.383 e. The normalized spacial score (nSPS) is 24.0. The molecule has 124 valence electrons. The molecule has 3 heterocycles. The summed E-state index contributed by atoms with van der Waals surface area (Å²) in [5.41, 5.74) is 2.46. The van der Waals surface area contributed by atoms with Crippen molar-refractivity contribution in [2.24, 2.45) is 0 Å². The van der Waals surface area contributed by atoms with Crippen LogP contribution < -0.4 is 5.32 Å². The third-order valence-corrected chi connectivity index (χ3v) is 6.32. The van der Waals surface area contributed by atoms with Crippen molar-refractivity contribution in [1.29, 1.82) is 0 Å². The van der Waals surface area contributed by atoms with E-state index in [0.717, 1.165) is 31.9 Å². The number of H-pyrrole nitrogens is 1. The van der Waals surface area contributed by atoms with E-state index >= 15 is 0 Å². The van der Waals surface area contributed by atoms with Crippen molar-refractivity contribution in [1.82, 2.24) is 20.2 Å². The smallest absolute Gasteiger partial charge is 0.106 e. The van der Waals surface area contributed by atoms with Gasteiger partial charge in [-0.2, -0.15) is 11.8 Å². The summed E-state index contributed by atoms with van der Waals surface area (Å²) in [4.78, 5) is 10.6. The third kappa shape index (κ3) is 3.50. The molecule has 2 aliphatic heterocycles. The molecule has 0 saturated carbocycles. The molecule has 0 aliphatic carbocycles. The van der Waals surface area contributed by atoms with Crippen LogP contribution in [0.1, 0.15) is 30.6 Å². The number of aryl methyl sites for hydroxylation is 2. The van der Waals surface area contributed by atoms with Crippen LogP contribution in [0.5, 0.6) is 0 Å². The summed E-state index contributed by atoms with van der Waals surface area (Å²) in [5.74, 6) is 2.35. The first kappa shape index (κ1) is 16.3. The van der Waals surface area contributed by atoms with Crippen molar-refractivity contribution < 1.29 is 4.74 Å². The molecule has 2 saturated heterocycles. The Morgan fingerprint density at radius 3 is 3.00 bits per heavy atom. The number of aromatic amines is 1. The molecule has 22 heavy (non-hydrogen) atoms. The lowest BCUT2D eigenvalue weighted by Gasteiger charge is -2.47. The Kier molecular flexibility index (Phi) is 5.12. The Bertz CT molecular complexity index is 498. The number of aromatic nitrogens is 2. The molecule has 1 spiro atoms. The van der Waals surface area contributed by atoms with Gasteiger partial charge in [-0.3, -0.25) is 4.90 Å². The second-order valence-corrected chi connectivity index (χ2v) is 8.08. The zero-order valence-electron chi connectivity index (χ0n) is 13.9. The number of thioether (sulfide) groups is 1. The highest BCUT2D eigenvalue weighted by atomic mass is 32.2. The Balaban J connectivity index is 1.45. The van der Waals surface area contributed by atoms with Crippen molar-refractivity contribution in [3.05, 3.63) is 17.2 Å². The monoisotopic (exact) mass is 324 g/mol. The SMILES string of the molecule is CCc1nc(CN2CC3(CC(NCCOC)CS3)C2)c(C)[nH]1. The number of hydrogen-bond acceptors (Lipinski definition) is 5. The van der Waals surface area contributed by atoms with Crippen LogP contribution in [0.15, 0.2) is 0 Å². The topological polar surface area (TPSA) is 53.2 Å². The van der Waals surface area contributed by atoms with Gasteiger partial charge in [0.1, 0.15) is 5.82 Å². The van der Waals surface area contributed by atoms with Crippen LogP contribution in [0.25, 0.3) is 0 Å². The molecular formula is C16H28N4OS. The first-order chi connectivity index (χ1) is 10.6. The van der Waals surface area contributed by atoms with Gasteiger partial charge in [0.05, 0.1) is 12.3 Å². The number of hydrogen-bond donors (Lipinski definition) is 2. The standard InChI is InChI=1S/C16H28N4OS/c1-4-15-18-12(2)14(19-15)8-20-10-16(11-20)7-13(9-22-16)17-5-6-21-3/h13,17H,4-11H2,1-3H3,(H,18,19). The number of nitrogens with zero attached hydrogens (tertiary/aromatic N) is 2. The number of ether oxygens (including phenoxy) is 1. The van der Waals surface area contributed by atoms with E-state index in [4.69, 9.17) is 9.72 Å². The summed E-state index contributed by atoms with van der Waals surface area (Å²) in [6, 6.07) is 0.654. The van der Waals surface area contributed by atoms with Crippen molar-refractivity contribution in [3.8, 4) is 0 Å². The van der Waals surface area contributed by atoms with E-state index in [1.54, 1.807) is 7.11 Å². The van der Waals surface area contributed by atoms with Crippen LogP contribution in [0, 0.1) is 6.92 Å². The minimum absolute atomic E-state index is 0.489. The lowest BCUT2D eigenvalue weighted by atomic mass is 9.92. The molecular weight excluding hydrogens is 296 g/mol. The number of nitrogens with one attached hydrogen (secondary N) is 2. The highest BCUT2D eigenvalue weighted by Gasteiger charge is 2.48. The van der Waals surface area contributed by atoms with E-state index in [1.165, 1.54) is 36.7 Å². The number of rotatable bonds is 7. The van der Waals surface area contributed by atoms with Crippen molar-refractivity contribution in [2.75, 3.05) is 39.1 Å². The highest BCUT2D eigenvalue weighted by Crippen LogP contribution is 2.45. The maximum Gasteiger partial charge on any atom is 0.106 e. The van der Waals surface area contributed by atoms with Crippen LogP contribution in [-0.4, -0.2) is 64.8 Å². The quantitative estimate of drug-likeness (QED) is 0.746. The van der Waals surface area contributed by atoms with E-state index in [0.29, 0.717) is 10.8 Å². The average Bonchev–Trinajstić information content (AvgIpc) is 3.04. The zero-order valence-corrected chi connectivity index (χ0v) is 14.8. The molecule has 0 bridgehead atoms. The summed E-state index contributed by atoms with van der Waals surface area (Å²) >= 11 is 2.15. The Morgan fingerprint density at radius 2 is 2.32 bits per heavy atom. The van der Waals surface area contributed by atoms with Gasteiger partial charge < -0.3 is 15.0 Å². The lowest BCUT2D eigenvalue weighted by molar-refractivity contribution is 0.109. The Hall–Kier alpha value is -0.560. The van der Waals surface area contributed by atoms with E-state index in [-0.39, 0.29) is 0 Å². The van der Waals surface area contributed by atoms with Crippen LogP contribution >= 0.6 is 11.8 Å². The summed E-state index contributed by atoms with van der Waals surface area (Å²) in [7, 11) is 1.76. The Morgan fingerprint density at radius 1 is 1.50 bits per heavy atom. The molecule has 1 aromatic rings. The fourth-order valence-corrected chi connectivity index (χ4v) is 5.20. The van der Waals surface area contributed by atoms with Gasteiger partial charge in [-0.1, -0.05) is 6.92 Å². The van der Waals surface area contributed by atoms with Gasteiger partial charge in [-0.15, -0.1) is 0 Å². The number of likely N-dealkylation sites (tertiary alicyclic amines) is 1. The molecule has 0 aromatic carbocycles. The zero-order chi connectivity index (χ0) is 15.6. The third-order valence-electron chi connectivity index (χ3n) is 4.71. The first-order valence-electron chi connectivity index (χ1n) is 8.27. The molecule has 2 fully saturated rings. The van der Waals surface area contributed by atoms with Gasteiger partial charge in [-0.05, 0) is 13.3 Å². The van der Waals surface area contributed by atoms with Gasteiger partial charge in [0, 0.05) is 61.9 Å². The maximum absolute atomic E-state index is 5.11. The molecule has 5 nitrogen and oxygen atoms in total. The number of imidazole rings is 1. The molecule has 0 radical (unpaired) electrons. The molecule has 1 atom stereocenters. The molecule has 6 heteroatoms. The highest BCUT2D eigenvalue weighted by molar-refractivity contribution is 8.01. The minimum atomic E-state index is 0.489. The van der Waals surface area contributed by atoms with Crippen LogP contribution in [-0.2, 0) is 17.7 Å². The van der Waals surface area contributed by atoms with Crippen molar-refractivity contribution in [2.45, 2.75) is 44.0 Å². The van der Waals surface area contributed by atoms with Gasteiger partial charge in [0.15, 0.2) is 0 Å². The predicted octanol–water partition coefficient (Wildman–Crippen LogP) is 1.58. The largest absolute Gasteiger partial charge is 0.383 e. The van der Waals surface area contributed by atoms with E-state index in [9.17, 15) is 0 Å². The van der Waals surface area contributed by atoms with Crippen molar-refractivity contribution in [3.63, 3.8) is 0 Å². The lowest BCUT2D eigenvalue weighted by Crippen LogP contribution is -2.58. The van der Waals surface area contributed by atoms with E-state index < -0.39 is 0 Å². The second kappa shape index (κ2) is 6.91. The van der Waals surface area contributed by atoms with Crippen LogP contribution in [0.4, 0.5) is 0 Å². The van der Waals surface area contributed by atoms with Gasteiger partial charge in [0.25, 0.3) is 0 Å². The summed E-state index contributed by atoms with van der Waals surface area (Å²) in [5, 5.41) is 3.61. The summed E-state index contributed by atoms with van der Waals surface area (Å²) in [6.07, 6.45) is 2.27. The maximum atomic E-state index is 5.11. The van der Waals surface area contributed by atoms with E-state index in [2.05, 4.69) is 40.8 Å². The second-order valence-electron chi connectivity index (χ2n) is 6.60. The van der Waals surface area contributed by atoms with Gasteiger partial charge in [0.2, 0.25) is 0 Å². The van der Waals surface area contributed by atoms with Crippen molar-refractivity contribution >= 4 is 11.8 Å². The van der Waals surface area contributed by atoms with Crippen LogP contribution in [0.2, 0.25) is 0 Å².